The van der Waals surface area contributed by atoms with E-state index in [-0.39, 0.29) is 11.9 Å². The largest absolute Gasteiger partial charge is 0.462 e. The van der Waals surface area contributed by atoms with Crippen LogP contribution in [0.15, 0.2) is 72.8 Å². The zero-order valence-corrected chi connectivity index (χ0v) is 18.8. The zero-order valence-electron chi connectivity index (χ0n) is 18.8. The van der Waals surface area contributed by atoms with E-state index in [1.807, 2.05) is 43.3 Å². The van der Waals surface area contributed by atoms with Gasteiger partial charge in [0.2, 0.25) is 0 Å². The lowest BCUT2D eigenvalue weighted by molar-refractivity contribution is 0.0526. The molecule has 4 heteroatoms. The average molecular weight is 430 g/mol. The quantitative estimate of drug-likeness (QED) is 0.504. The molecule has 3 aromatic rings. The molecule has 4 nitrogen and oxygen atoms in total. The Morgan fingerprint density at radius 3 is 2.31 bits per heavy atom. The minimum atomic E-state index is -0.485. The lowest BCUT2D eigenvalue weighted by atomic mass is 9.84. The van der Waals surface area contributed by atoms with Crippen LogP contribution >= 0.6 is 0 Å². The Morgan fingerprint density at radius 2 is 1.66 bits per heavy atom. The predicted octanol–water partition coefficient (Wildman–Crippen LogP) is 5.79. The highest BCUT2D eigenvalue weighted by Crippen LogP contribution is 2.37. The van der Waals surface area contributed by atoms with Crippen molar-refractivity contribution in [3.63, 3.8) is 0 Å². The van der Waals surface area contributed by atoms with Crippen molar-refractivity contribution >= 4 is 11.7 Å². The van der Waals surface area contributed by atoms with Gasteiger partial charge in [0.25, 0.3) is 0 Å². The molecule has 1 saturated heterocycles. The van der Waals surface area contributed by atoms with Gasteiger partial charge in [0.05, 0.1) is 18.3 Å². The molecule has 166 valence electrons. The van der Waals surface area contributed by atoms with E-state index >= 15 is 0 Å². The van der Waals surface area contributed by atoms with Gasteiger partial charge in [0, 0.05) is 18.8 Å². The number of anilines is 1. The summed E-state index contributed by atoms with van der Waals surface area (Å²) < 4.78 is 5.06. The van der Waals surface area contributed by atoms with E-state index < -0.39 is 6.10 Å². The number of carbonyl (C=O) groups excluding carboxylic acids is 1. The fourth-order valence-electron chi connectivity index (χ4n) is 4.50. The molecule has 1 fully saturated rings. The maximum Gasteiger partial charge on any atom is 0.338 e. The van der Waals surface area contributed by atoms with E-state index in [4.69, 9.17) is 4.74 Å². The van der Waals surface area contributed by atoms with Crippen LogP contribution in [0.4, 0.5) is 5.69 Å². The average Bonchev–Trinajstić information content (AvgIpc) is 2.84. The van der Waals surface area contributed by atoms with Gasteiger partial charge in [-0.1, -0.05) is 54.1 Å². The first-order chi connectivity index (χ1) is 15.6. The molecule has 0 unspecified atom stereocenters. The minimum Gasteiger partial charge on any atom is -0.462 e. The van der Waals surface area contributed by atoms with Crippen LogP contribution in [-0.2, 0) is 4.74 Å². The summed E-state index contributed by atoms with van der Waals surface area (Å²) in [6.07, 6.45) is 1.35. The number of carbonyl (C=O) groups is 1. The summed E-state index contributed by atoms with van der Waals surface area (Å²) in [6.45, 7) is 6.04. The van der Waals surface area contributed by atoms with Gasteiger partial charge in [-0.15, -0.1) is 0 Å². The number of aliphatic hydroxyl groups excluding tert-OH is 1. The fourth-order valence-corrected chi connectivity index (χ4v) is 4.50. The third kappa shape index (κ3) is 4.86. The Balaban J connectivity index is 1.43. The number of ether oxygens (including phenoxy) is 1. The van der Waals surface area contributed by atoms with Crippen molar-refractivity contribution in [1.29, 1.82) is 0 Å². The van der Waals surface area contributed by atoms with E-state index in [1.165, 1.54) is 5.56 Å². The first kappa shape index (κ1) is 22.1. The van der Waals surface area contributed by atoms with Gasteiger partial charge in [-0.3, -0.25) is 0 Å². The number of rotatable bonds is 6. The van der Waals surface area contributed by atoms with E-state index in [0.29, 0.717) is 12.2 Å². The molecule has 0 bridgehead atoms. The minimum absolute atomic E-state index is 0.219. The molecule has 1 aliphatic heterocycles. The van der Waals surface area contributed by atoms with Crippen molar-refractivity contribution in [2.45, 2.75) is 32.8 Å². The van der Waals surface area contributed by atoms with E-state index in [9.17, 15) is 9.90 Å². The maximum atomic E-state index is 11.9. The van der Waals surface area contributed by atoms with Gasteiger partial charge < -0.3 is 14.7 Å². The molecule has 0 aliphatic carbocycles. The molecular formula is C28H31NO3. The summed E-state index contributed by atoms with van der Waals surface area (Å²) in [7, 11) is 0. The van der Waals surface area contributed by atoms with Crippen molar-refractivity contribution in [2.75, 3.05) is 24.6 Å². The number of hydrogen-bond acceptors (Lipinski definition) is 4. The molecule has 0 radical (unpaired) electrons. The van der Waals surface area contributed by atoms with Crippen LogP contribution in [-0.4, -0.2) is 30.8 Å². The van der Waals surface area contributed by atoms with E-state index in [0.717, 1.165) is 48.3 Å². The van der Waals surface area contributed by atoms with Gasteiger partial charge in [0.1, 0.15) is 0 Å². The normalized spacial score (nSPS) is 15.4. The zero-order chi connectivity index (χ0) is 22.5. The predicted molar refractivity (Wildman–Crippen MR) is 129 cm³/mol. The van der Waals surface area contributed by atoms with Gasteiger partial charge in [-0.05, 0) is 73.6 Å². The van der Waals surface area contributed by atoms with Crippen LogP contribution in [0.1, 0.15) is 47.4 Å². The summed E-state index contributed by atoms with van der Waals surface area (Å²) in [5.41, 5.74) is 6.17. The first-order valence-electron chi connectivity index (χ1n) is 11.4. The molecule has 0 saturated carbocycles. The molecular weight excluding hydrogens is 398 g/mol. The van der Waals surface area contributed by atoms with Crippen LogP contribution in [0.2, 0.25) is 0 Å². The van der Waals surface area contributed by atoms with Crippen molar-refractivity contribution in [2.24, 2.45) is 5.92 Å². The highest BCUT2D eigenvalue weighted by molar-refractivity contribution is 5.89. The molecule has 4 rings (SSSR count). The van der Waals surface area contributed by atoms with Gasteiger partial charge in [-0.2, -0.15) is 0 Å². The Bertz CT molecular complexity index is 1040. The first-order valence-corrected chi connectivity index (χ1v) is 11.4. The molecule has 0 amide bonds. The second-order valence-corrected chi connectivity index (χ2v) is 8.49. The lowest BCUT2D eigenvalue weighted by Crippen LogP contribution is -2.35. The molecule has 3 aromatic carbocycles. The Hall–Kier alpha value is -3.11. The highest BCUT2D eigenvalue weighted by atomic mass is 16.5. The SMILES string of the molecule is CCOC(=O)c1ccc(N2CCC([C@@H](O)c3ccccc3-c3ccc(C)cc3)CC2)cc1. The van der Waals surface area contributed by atoms with Crippen molar-refractivity contribution in [1.82, 2.24) is 0 Å². The number of esters is 1. The van der Waals surface area contributed by atoms with Crippen molar-refractivity contribution in [3.8, 4) is 11.1 Å². The van der Waals surface area contributed by atoms with Crippen LogP contribution in [0, 0.1) is 12.8 Å². The number of piperidine rings is 1. The van der Waals surface area contributed by atoms with Crippen LogP contribution in [0.25, 0.3) is 11.1 Å². The Labute approximate surface area is 190 Å². The summed E-state index contributed by atoms with van der Waals surface area (Å²) in [4.78, 5) is 14.2. The smallest absolute Gasteiger partial charge is 0.338 e. The fraction of sp³-hybridized carbons (Fsp3) is 0.321. The second kappa shape index (κ2) is 10.0. The number of aliphatic hydroxyl groups is 1. The second-order valence-electron chi connectivity index (χ2n) is 8.49. The molecule has 1 heterocycles. The maximum absolute atomic E-state index is 11.9. The molecule has 1 atom stereocenters. The standard InChI is InChI=1S/C28H31NO3/c1-3-32-28(31)23-12-14-24(15-13-23)29-18-16-22(17-19-29)27(30)26-7-5-4-6-25(26)21-10-8-20(2)9-11-21/h4-15,22,27,30H,3,16-19H2,1-2H3/t27-/m1/s1. The Morgan fingerprint density at radius 1 is 1.00 bits per heavy atom. The highest BCUT2D eigenvalue weighted by Gasteiger charge is 2.28. The van der Waals surface area contributed by atoms with Crippen molar-refractivity contribution in [3.05, 3.63) is 89.5 Å². The van der Waals surface area contributed by atoms with Crippen molar-refractivity contribution < 1.29 is 14.6 Å². The molecule has 32 heavy (non-hydrogen) atoms. The van der Waals surface area contributed by atoms with Crippen LogP contribution in [0.3, 0.4) is 0 Å². The van der Waals surface area contributed by atoms with Crippen LogP contribution in [0.5, 0.6) is 0 Å². The third-order valence-electron chi connectivity index (χ3n) is 6.37. The topological polar surface area (TPSA) is 49.8 Å². The Kier molecular flexibility index (Phi) is 6.91. The summed E-state index contributed by atoms with van der Waals surface area (Å²) in [6, 6.07) is 24.3. The summed E-state index contributed by atoms with van der Waals surface area (Å²) >= 11 is 0. The van der Waals surface area contributed by atoms with E-state index in [2.05, 4.69) is 48.2 Å². The summed E-state index contributed by atoms with van der Waals surface area (Å²) in [5, 5.41) is 11.3. The molecule has 0 spiro atoms. The number of nitrogens with zero attached hydrogens (tertiary/aromatic N) is 1. The monoisotopic (exact) mass is 429 g/mol. The number of aryl methyl sites for hydroxylation is 1. The van der Waals surface area contributed by atoms with Crippen LogP contribution < -0.4 is 4.90 Å². The number of benzene rings is 3. The third-order valence-corrected chi connectivity index (χ3v) is 6.37. The molecule has 1 N–H and O–H groups in total. The van der Waals surface area contributed by atoms with Gasteiger partial charge in [-0.25, -0.2) is 4.79 Å². The molecule has 0 aromatic heterocycles. The molecule has 1 aliphatic rings. The van der Waals surface area contributed by atoms with Gasteiger partial charge >= 0.3 is 5.97 Å². The lowest BCUT2D eigenvalue weighted by Gasteiger charge is -2.36. The van der Waals surface area contributed by atoms with E-state index in [1.54, 1.807) is 0 Å². The summed E-state index contributed by atoms with van der Waals surface area (Å²) in [5.74, 6) is -0.0650. The number of hydrogen-bond donors (Lipinski definition) is 1. The van der Waals surface area contributed by atoms with Gasteiger partial charge in [0.15, 0.2) is 0 Å².